The van der Waals surface area contributed by atoms with Gasteiger partial charge in [0.2, 0.25) is 0 Å². The summed E-state index contributed by atoms with van der Waals surface area (Å²) in [7, 11) is 0. The molecule has 0 bridgehead atoms. The Labute approximate surface area is 105 Å². The Kier molecular flexibility index (Phi) is 12.5. The number of esters is 1. The van der Waals surface area contributed by atoms with Crippen molar-refractivity contribution in [2.24, 2.45) is 0 Å². The molecule has 3 nitrogen and oxygen atoms in total. The average molecular weight is 242 g/mol. The fraction of sp³-hybridized carbons (Fsp3) is 0.857. The molecule has 0 rings (SSSR count). The van der Waals surface area contributed by atoms with E-state index >= 15 is 0 Å². The van der Waals surface area contributed by atoms with Crippen molar-refractivity contribution >= 4 is 12.3 Å². The molecule has 0 saturated heterocycles. The molecule has 0 aliphatic rings. The van der Waals surface area contributed by atoms with Crippen LogP contribution >= 0.6 is 0 Å². The first kappa shape index (κ1) is 16.1. The van der Waals surface area contributed by atoms with Gasteiger partial charge < -0.3 is 9.53 Å². The number of hydrogen-bond acceptors (Lipinski definition) is 3. The fourth-order valence-electron chi connectivity index (χ4n) is 1.73. The van der Waals surface area contributed by atoms with Crippen LogP contribution in [0.25, 0.3) is 0 Å². The van der Waals surface area contributed by atoms with Gasteiger partial charge in [-0.25, -0.2) is 0 Å². The van der Waals surface area contributed by atoms with E-state index in [1.807, 2.05) is 0 Å². The number of unbranched alkanes of at least 4 members (excludes halogenated alkanes) is 8. The number of rotatable bonds is 12. The number of carbonyl (C=O) groups is 2. The maximum atomic E-state index is 10.8. The minimum atomic E-state index is -0.403. The van der Waals surface area contributed by atoms with Gasteiger partial charge >= 0.3 is 5.97 Å². The van der Waals surface area contributed by atoms with Crippen LogP contribution in [0.1, 0.15) is 71.1 Å². The highest BCUT2D eigenvalue weighted by atomic mass is 16.5. The Morgan fingerprint density at radius 1 is 0.941 bits per heavy atom. The summed E-state index contributed by atoms with van der Waals surface area (Å²) in [6.07, 6.45) is 11.7. The molecule has 0 aliphatic heterocycles. The highest BCUT2D eigenvalue weighted by molar-refractivity contribution is 5.83. The zero-order chi connectivity index (χ0) is 12.8. The van der Waals surface area contributed by atoms with Crippen LogP contribution in [-0.2, 0) is 14.3 Å². The van der Waals surface area contributed by atoms with Crippen molar-refractivity contribution in [1.82, 2.24) is 0 Å². The van der Waals surface area contributed by atoms with Crippen molar-refractivity contribution in [2.75, 3.05) is 6.61 Å². The first-order valence-electron chi connectivity index (χ1n) is 6.90. The smallest absolute Gasteiger partial charge is 0.313 e. The Bertz CT molecular complexity index is 190. The highest BCUT2D eigenvalue weighted by Gasteiger charge is 1.99. The molecule has 0 fully saturated rings. The van der Waals surface area contributed by atoms with Crippen LogP contribution in [0.4, 0.5) is 0 Å². The molecule has 0 atom stereocenters. The summed E-state index contributed by atoms with van der Waals surface area (Å²) in [4.78, 5) is 20.8. The minimum absolute atomic E-state index is 0.114. The third-order valence-corrected chi connectivity index (χ3v) is 2.76. The number of hydrogen-bond donors (Lipinski definition) is 0. The molecular weight excluding hydrogens is 216 g/mol. The second-order valence-electron chi connectivity index (χ2n) is 4.42. The number of ether oxygens (including phenoxy) is 1. The van der Waals surface area contributed by atoms with Gasteiger partial charge in [0.25, 0.3) is 0 Å². The molecule has 0 spiro atoms. The largest absolute Gasteiger partial charge is 0.465 e. The van der Waals surface area contributed by atoms with E-state index in [1.165, 1.54) is 44.9 Å². The summed E-state index contributed by atoms with van der Waals surface area (Å²) in [6, 6.07) is 0. The monoisotopic (exact) mass is 242 g/mol. The summed E-state index contributed by atoms with van der Waals surface area (Å²) in [5.41, 5.74) is 0. The van der Waals surface area contributed by atoms with Gasteiger partial charge in [-0.3, -0.25) is 4.79 Å². The van der Waals surface area contributed by atoms with Crippen molar-refractivity contribution in [3.63, 3.8) is 0 Å². The van der Waals surface area contributed by atoms with E-state index in [9.17, 15) is 9.59 Å². The van der Waals surface area contributed by atoms with E-state index in [2.05, 4.69) is 6.92 Å². The quantitative estimate of drug-likeness (QED) is 0.227. The number of carbonyl (C=O) groups excluding carboxylic acids is 2. The molecule has 0 unspecified atom stereocenters. The van der Waals surface area contributed by atoms with Gasteiger partial charge in [-0.1, -0.05) is 58.3 Å². The van der Waals surface area contributed by atoms with Crippen LogP contribution < -0.4 is 0 Å². The van der Waals surface area contributed by atoms with Crippen LogP contribution in [-0.4, -0.2) is 18.9 Å². The molecule has 0 aliphatic carbocycles. The predicted molar refractivity (Wildman–Crippen MR) is 68.9 cm³/mol. The van der Waals surface area contributed by atoms with E-state index < -0.39 is 5.97 Å². The zero-order valence-corrected chi connectivity index (χ0v) is 11.1. The van der Waals surface area contributed by atoms with Crippen molar-refractivity contribution in [3.05, 3.63) is 0 Å². The van der Waals surface area contributed by atoms with Crippen molar-refractivity contribution in [2.45, 2.75) is 71.1 Å². The average Bonchev–Trinajstić information content (AvgIpc) is 2.32. The van der Waals surface area contributed by atoms with Crippen LogP contribution in [0.3, 0.4) is 0 Å². The molecule has 0 aromatic carbocycles. The normalized spacial score (nSPS) is 10.2. The van der Waals surface area contributed by atoms with Crippen LogP contribution in [0, 0.1) is 0 Å². The molecular formula is C14H26O3. The predicted octanol–water partition coefficient (Wildman–Crippen LogP) is 3.65. The molecule has 0 aromatic rings. The molecule has 0 heterocycles. The molecule has 0 N–H and O–H groups in total. The van der Waals surface area contributed by atoms with Gasteiger partial charge in [0.1, 0.15) is 12.7 Å². The van der Waals surface area contributed by atoms with Gasteiger partial charge in [-0.15, -0.1) is 0 Å². The molecule has 0 saturated carbocycles. The molecule has 0 radical (unpaired) electrons. The second-order valence-corrected chi connectivity index (χ2v) is 4.42. The van der Waals surface area contributed by atoms with Crippen molar-refractivity contribution < 1.29 is 14.3 Å². The van der Waals surface area contributed by atoms with Gasteiger partial charge in [-0.05, 0) is 6.42 Å². The minimum Gasteiger partial charge on any atom is -0.465 e. The summed E-state index contributed by atoms with van der Waals surface area (Å²) in [5.74, 6) is -0.403. The van der Waals surface area contributed by atoms with Crippen molar-refractivity contribution in [3.8, 4) is 0 Å². The van der Waals surface area contributed by atoms with Gasteiger partial charge in [0.05, 0.1) is 6.61 Å². The maximum absolute atomic E-state index is 10.8. The van der Waals surface area contributed by atoms with Crippen LogP contribution in [0.15, 0.2) is 0 Å². The second kappa shape index (κ2) is 13.2. The maximum Gasteiger partial charge on any atom is 0.313 e. The lowest BCUT2D eigenvalue weighted by Gasteiger charge is -2.03. The van der Waals surface area contributed by atoms with Gasteiger partial charge in [0.15, 0.2) is 0 Å². The SMILES string of the molecule is CCCCCCCCCCCOC(=O)CC=O. The molecule has 0 amide bonds. The molecule has 100 valence electrons. The Morgan fingerprint density at radius 2 is 1.47 bits per heavy atom. The lowest BCUT2D eigenvalue weighted by molar-refractivity contribution is -0.144. The summed E-state index contributed by atoms with van der Waals surface area (Å²) < 4.78 is 4.87. The summed E-state index contributed by atoms with van der Waals surface area (Å²) in [6.45, 7) is 2.69. The van der Waals surface area contributed by atoms with Crippen LogP contribution in [0.5, 0.6) is 0 Å². The van der Waals surface area contributed by atoms with E-state index in [0.717, 1.165) is 12.8 Å². The summed E-state index contributed by atoms with van der Waals surface area (Å²) >= 11 is 0. The lowest BCUT2D eigenvalue weighted by atomic mass is 10.1. The van der Waals surface area contributed by atoms with Crippen molar-refractivity contribution in [1.29, 1.82) is 0 Å². The fourth-order valence-corrected chi connectivity index (χ4v) is 1.73. The third-order valence-electron chi connectivity index (χ3n) is 2.76. The zero-order valence-electron chi connectivity index (χ0n) is 11.1. The van der Waals surface area contributed by atoms with E-state index in [0.29, 0.717) is 12.9 Å². The van der Waals surface area contributed by atoms with E-state index in [4.69, 9.17) is 4.74 Å². The summed E-state index contributed by atoms with van der Waals surface area (Å²) in [5, 5.41) is 0. The van der Waals surface area contributed by atoms with E-state index in [-0.39, 0.29) is 6.42 Å². The van der Waals surface area contributed by atoms with Gasteiger partial charge in [-0.2, -0.15) is 0 Å². The van der Waals surface area contributed by atoms with E-state index in [1.54, 1.807) is 0 Å². The topological polar surface area (TPSA) is 43.4 Å². The lowest BCUT2D eigenvalue weighted by Crippen LogP contribution is -2.05. The Hall–Kier alpha value is -0.860. The Morgan fingerprint density at radius 3 is 2.00 bits per heavy atom. The molecule has 17 heavy (non-hydrogen) atoms. The standard InChI is InChI=1S/C14H26O3/c1-2-3-4-5-6-7-8-9-10-13-17-14(16)11-12-15/h12H,2-11,13H2,1H3. The third kappa shape index (κ3) is 13.1. The first-order chi connectivity index (χ1) is 8.31. The van der Waals surface area contributed by atoms with Crippen LogP contribution in [0.2, 0.25) is 0 Å². The highest BCUT2D eigenvalue weighted by Crippen LogP contribution is 2.09. The Balaban J connectivity index is 3.03. The molecule has 3 heteroatoms. The molecule has 0 aromatic heterocycles. The first-order valence-corrected chi connectivity index (χ1v) is 6.90. The van der Waals surface area contributed by atoms with Gasteiger partial charge in [0, 0.05) is 0 Å². The number of aldehydes is 1.